The molecule has 1 aliphatic rings. The van der Waals surface area contributed by atoms with Gasteiger partial charge in [0.1, 0.15) is 0 Å². The van der Waals surface area contributed by atoms with Crippen molar-refractivity contribution in [3.05, 3.63) is 36.0 Å². The van der Waals surface area contributed by atoms with Gasteiger partial charge in [-0.3, -0.25) is 0 Å². The first-order valence-electron chi connectivity index (χ1n) is 8.10. The molecule has 4 rings (SSSR count). The van der Waals surface area contributed by atoms with Gasteiger partial charge in [0.05, 0.1) is 23.8 Å². The topological polar surface area (TPSA) is 36.3 Å². The maximum absolute atomic E-state index is 6.26. The Morgan fingerprint density at radius 3 is 2.52 bits per heavy atom. The molecular weight excluding hydrogens is 465 g/mol. The Morgan fingerprint density at radius 2 is 1.88 bits per heavy atom. The van der Waals surface area contributed by atoms with Crippen LogP contribution in [-0.2, 0) is 9.31 Å². The average Bonchev–Trinajstić information content (AvgIpc) is 3.25. The number of thiophene rings is 1. The fraction of sp³-hybridized carbons (Fsp3) is 0.353. The fourth-order valence-corrected chi connectivity index (χ4v) is 5.03. The molecule has 4 nitrogen and oxygen atoms in total. The number of nitrogens with zero attached hydrogens (tertiary/aromatic N) is 2. The summed E-state index contributed by atoms with van der Waals surface area (Å²) in [5.74, 6) is 0. The molecule has 3 aromatic rings. The van der Waals surface area contributed by atoms with Crippen LogP contribution in [0.5, 0.6) is 0 Å². The highest BCUT2D eigenvalue weighted by molar-refractivity contribution is 14.2. The zero-order valence-electron chi connectivity index (χ0n) is 14.5. The molecule has 0 N–H and O–H groups in total. The van der Waals surface area contributed by atoms with Gasteiger partial charge in [0.15, 0.2) is 0 Å². The molecule has 0 aliphatic carbocycles. The molecule has 0 amide bonds. The zero-order chi connectivity index (χ0) is 17.8. The Hall–Kier alpha value is -0.465. The Bertz CT molecular complexity index is 924. The molecule has 0 bridgehead atoms. The summed E-state index contributed by atoms with van der Waals surface area (Å²) in [6.45, 7) is 8.36. The van der Waals surface area contributed by atoms with Crippen LogP contribution in [0.1, 0.15) is 27.7 Å². The molecule has 1 unspecified atom stereocenters. The molecule has 3 heterocycles. The second kappa shape index (κ2) is 6.31. The number of halogens is 1. The lowest BCUT2D eigenvalue weighted by Crippen LogP contribution is -2.41. The normalized spacial score (nSPS) is 19.5. The van der Waals surface area contributed by atoms with Crippen molar-refractivity contribution >= 4 is 62.4 Å². The van der Waals surface area contributed by atoms with Crippen molar-refractivity contribution < 1.29 is 9.31 Å². The molecule has 1 fully saturated rings. The summed E-state index contributed by atoms with van der Waals surface area (Å²) in [4.78, 5) is 0. The van der Waals surface area contributed by atoms with E-state index in [1.54, 1.807) is 11.3 Å². The van der Waals surface area contributed by atoms with E-state index >= 15 is 0 Å². The van der Waals surface area contributed by atoms with Crippen LogP contribution in [0.25, 0.3) is 21.2 Å². The monoisotopic (exact) mass is 484 g/mol. The summed E-state index contributed by atoms with van der Waals surface area (Å²) in [7, 11) is -0.334. The number of fused-ring (bicyclic) bond motifs is 1. The lowest BCUT2D eigenvalue weighted by atomic mass is 9.77. The van der Waals surface area contributed by atoms with Gasteiger partial charge in [-0.1, -0.05) is 12.1 Å². The molecule has 1 aromatic carbocycles. The van der Waals surface area contributed by atoms with Gasteiger partial charge >= 0.3 is 7.12 Å². The van der Waals surface area contributed by atoms with E-state index in [1.807, 2.05) is 10.6 Å². The average molecular weight is 484 g/mol. The summed E-state index contributed by atoms with van der Waals surface area (Å²) in [6, 6.07) is 6.47. The van der Waals surface area contributed by atoms with E-state index in [-0.39, 0.29) is 18.3 Å². The third-order valence-corrected chi connectivity index (χ3v) is 8.00. The molecule has 130 valence electrons. The molecule has 8 heteroatoms. The van der Waals surface area contributed by atoms with E-state index < -0.39 is 0 Å². The number of rotatable bonds is 3. The molecule has 0 saturated carbocycles. The maximum Gasteiger partial charge on any atom is 0.496 e. The molecule has 1 aliphatic heterocycles. The minimum absolute atomic E-state index is 0.331. The van der Waals surface area contributed by atoms with Crippen LogP contribution >= 0.6 is 39.8 Å². The summed E-state index contributed by atoms with van der Waals surface area (Å²) < 4.78 is 15.7. The first kappa shape index (κ1) is 17.9. The van der Waals surface area contributed by atoms with E-state index in [0.29, 0.717) is 6.37 Å². The summed E-state index contributed by atoms with van der Waals surface area (Å²) in [5, 5.41) is 7.78. The van der Waals surface area contributed by atoms with Gasteiger partial charge in [-0.15, -0.1) is 11.3 Å². The summed E-state index contributed by atoms with van der Waals surface area (Å²) in [5.41, 5.74) is 2.80. The molecular formula is C17H19BIN2O2PS. The Labute approximate surface area is 166 Å². The lowest BCUT2D eigenvalue weighted by molar-refractivity contribution is 0.00578. The van der Waals surface area contributed by atoms with Crippen molar-refractivity contribution in [2.75, 3.05) is 0 Å². The highest BCUT2D eigenvalue weighted by atomic mass is 127. The standard InChI is InChI=1S/C17H19BIN2O2PS/c1-16(2)17(3,4)23-18(22-16)14-6-5-12(13-7-8-25-15(13)14)11-9-20-21(10-11)24-19/h5-10,24H,1-4H3. The van der Waals surface area contributed by atoms with Gasteiger partial charge in [-0.25, -0.2) is 4.45 Å². The second-order valence-corrected chi connectivity index (χ2v) is 10.2. The summed E-state index contributed by atoms with van der Waals surface area (Å²) in [6.07, 6.45) is 4.65. The highest BCUT2D eigenvalue weighted by Crippen LogP contribution is 2.38. The predicted molar refractivity (Wildman–Crippen MR) is 116 cm³/mol. The van der Waals surface area contributed by atoms with Crippen molar-refractivity contribution in [3.8, 4) is 11.1 Å². The lowest BCUT2D eigenvalue weighted by Gasteiger charge is -2.32. The third kappa shape index (κ3) is 2.98. The van der Waals surface area contributed by atoms with E-state index in [2.05, 4.69) is 84.6 Å². The van der Waals surface area contributed by atoms with E-state index in [0.717, 1.165) is 11.0 Å². The number of hydrogen-bond acceptors (Lipinski definition) is 4. The van der Waals surface area contributed by atoms with Gasteiger partial charge < -0.3 is 9.31 Å². The molecule has 0 radical (unpaired) electrons. The van der Waals surface area contributed by atoms with Crippen LogP contribution < -0.4 is 5.46 Å². The van der Waals surface area contributed by atoms with Crippen molar-refractivity contribution in [1.82, 2.24) is 9.55 Å². The minimum Gasteiger partial charge on any atom is -0.399 e. The maximum atomic E-state index is 6.26. The molecule has 25 heavy (non-hydrogen) atoms. The number of hydrogen-bond donors (Lipinski definition) is 0. The predicted octanol–water partition coefficient (Wildman–Crippen LogP) is 4.86. The van der Waals surface area contributed by atoms with Gasteiger partial charge in [-0.2, -0.15) is 5.10 Å². The molecule has 0 spiro atoms. The Morgan fingerprint density at radius 1 is 1.16 bits per heavy atom. The minimum atomic E-state index is -0.334. The van der Waals surface area contributed by atoms with Crippen LogP contribution in [-0.4, -0.2) is 27.9 Å². The molecule has 1 atom stereocenters. The molecule has 2 aromatic heterocycles. The smallest absolute Gasteiger partial charge is 0.399 e. The third-order valence-electron chi connectivity index (χ3n) is 5.13. The van der Waals surface area contributed by atoms with Crippen molar-refractivity contribution in [3.63, 3.8) is 0 Å². The van der Waals surface area contributed by atoms with E-state index in [9.17, 15) is 0 Å². The van der Waals surface area contributed by atoms with Gasteiger partial charge in [0.25, 0.3) is 0 Å². The number of benzene rings is 1. The zero-order valence-corrected chi connectivity index (χ0v) is 18.5. The van der Waals surface area contributed by atoms with Crippen LogP contribution in [0, 0.1) is 0 Å². The van der Waals surface area contributed by atoms with Gasteiger partial charge in [-0.05, 0) is 66.7 Å². The fourth-order valence-electron chi connectivity index (χ4n) is 3.00. The second-order valence-electron chi connectivity index (χ2n) is 7.21. The summed E-state index contributed by atoms with van der Waals surface area (Å²) >= 11 is 4.07. The van der Waals surface area contributed by atoms with E-state index in [4.69, 9.17) is 9.31 Å². The van der Waals surface area contributed by atoms with Crippen LogP contribution in [0.15, 0.2) is 36.0 Å². The largest absolute Gasteiger partial charge is 0.496 e. The van der Waals surface area contributed by atoms with Crippen molar-refractivity contribution in [1.29, 1.82) is 0 Å². The first-order valence-corrected chi connectivity index (χ1v) is 13.0. The highest BCUT2D eigenvalue weighted by Gasteiger charge is 2.52. The Kier molecular flexibility index (Phi) is 4.52. The van der Waals surface area contributed by atoms with Gasteiger partial charge in [0, 0.05) is 27.3 Å². The van der Waals surface area contributed by atoms with Crippen LogP contribution in [0.2, 0.25) is 0 Å². The quantitative estimate of drug-likeness (QED) is 0.303. The van der Waals surface area contributed by atoms with E-state index in [1.165, 1.54) is 15.6 Å². The van der Waals surface area contributed by atoms with Crippen LogP contribution in [0.3, 0.4) is 0 Å². The van der Waals surface area contributed by atoms with Crippen molar-refractivity contribution in [2.45, 2.75) is 38.9 Å². The first-order chi connectivity index (χ1) is 11.8. The number of aromatic nitrogens is 2. The van der Waals surface area contributed by atoms with Crippen molar-refractivity contribution in [2.24, 2.45) is 0 Å². The van der Waals surface area contributed by atoms with Crippen LogP contribution in [0.4, 0.5) is 0 Å². The Balaban J connectivity index is 1.79. The molecule has 1 saturated heterocycles. The van der Waals surface area contributed by atoms with Gasteiger partial charge in [0.2, 0.25) is 0 Å². The SMILES string of the molecule is CC1(C)OB(c2ccc(-c3cnn(PI)c3)c3ccsc23)OC1(C)C.